The third-order valence-electron chi connectivity index (χ3n) is 7.03. The predicted octanol–water partition coefficient (Wildman–Crippen LogP) is 4.24. The molecule has 3 heterocycles. The third-order valence-corrected chi connectivity index (χ3v) is 7.60. The van der Waals surface area contributed by atoms with E-state index in [1.54, 1.807) is 23.1 Å². The molecule has 4 rings (SSSR count). The fourth-order valence-corrected chi connectivity index (χ4v) is 5.56. The second kappa shape index (κ2) is 10.4. The van der Waals surface area contributed by atoms with Crippen molar-refractivity contribution < 1.29 is 14.4 Å². The maximum Gasteiger partial charge on any atom is 0.256 e. The lowest BCUT2D eigenvalue weighted by Crippen LogP contribution is -2.51. The van der Waals surface area contributed by atoms with Gasteiger partial charge >= 0.3 is 0 Å². The number of hydrogen-bond acceptors (Lipinski definition) is 3. The molecule has 3 aliphatic rings. The molecule has 1 aromatic rings. The fraction of sp³-hybridized carbons (Fsp3) is 0.625. The number of benzene rings is 1. The van der Waals surface area contributed by atoms with Gasteiger partial charge in [0.1, 0.15) is 6.04 Å². The Morgan fingerprint density at radius 3 is 2.09 bits per heavy atom. The highest BCUT2D eigenvalue weighted by molar-refractivity contribution is 6.35. The normalized spacial score (nSPS) is 22.7. The molecule has 0 saturated carbocycles. The van der Waals surface area contributed by atoms with Gasteiger partial charge in [0.05, 0.1) is 10.6 Å². The zero-order valence-electron chi connectivity index (χ0n) is 18.4. The highest BCUT2D eigenvalue weighted by atomic mass is 35.5. The van der Waals surface area contributed by atoms with Crippen LogP contribution in [0.2, 0.25) is 10.0 Å². The zero-order valence-corrected chi connectivity index (χ0v) is 19.9. The highest BCUT2D eigenvalue weighted by Gasteiger charge is 2.39. The van der Waals surface area contributed by atoms with Gasteiger partial charge in [0.25, 0.3) is 5.91 Å². The van der Waals surface area contributed by atoms with Crippen molar-refractivity contribution in [3.05, 3.63) is 33.8 Å². The number of likely N-dealkylation sites (tertiary alicyclic amines) is 3. The number of hydrogen-bond donors (Lipinski definition) is 0. The molecule has 3 amide bonds. The Hall–Kier alpha value is -1.79. The van der Waals surface area contributed by atoms with E-state index in [0.717, 1.165) is 32.4 Å². The largest absolute Gasteiger partial charge is 0.342 e. The third kappa shape index (κ3) is 5.07. The van der Waals surface area contributed by atoms with Gasteiger partial charge in [-0.2, -0.15) is 0 Å². The summed E-state index contributed by atoms with van der Waals surface area (Å²) in [5.41, 5.74) is 0.334. The first kappa shape index (κ1) is 23.4. The van der Waals surface area contributed by atoms with Crippen LogP contribution in [0.3, 0.4) is 0 Å². The summed E-state index contributed by atoms with van der Waals surface area (Å²) in [6.45, 7) is 3.40. The van der Waals surface area contributed by atoms with Crippen molar-refractivity contribution in [2.24, 2.45) is 5.92 Å². The smallest absolute Gasteiger partial charge is 0.256 e. The summed E-state index contributed by atoms with van der Waals surface area (Å²) >= 11 is 12.3. The van der Waals surface area contributed by atoms with Crippen LogP contribution in [0, 0.1) is 5.92 Å². The van der Waals surface area contributed by atoms with Crippen LogP contribution in [0.15, 0.2) is 18.2 Å². The standard InChI is InChI=1S/C24H31Cl2N3O3/c25-18-7-8-20(26)19(16-18)23(31)29-13-5-6-21(29)24(32)28-14-9-17(10-15-28)22(30)27-11-3-1-2-4-12-27/h7-8,16-17,21H,1-6,9-15H2/t21-/m0/s1. The minimum absolute atomic E-state index is 0.00345. The molecule has 0 aliphatic carbocycles. The van der Waals surface area contributed by atoms with Crippen LogP contribution in [0.1, 0.15) is 61.7 Å². The second-order valence-electron chi connectivity index (χ2n) is 9.12. The van der Waals surface area contributed by atoms with Crippen molar-refractivity contribution in [1.29, 1.82) is 0 Å². The molecule has 1 atom stereocenters. The van der Waals surface area contributed by atoms with Crippen LogP contribution in [0.4, 0.5) is 0 Å². The van der Waals surface area contributed by atoms with Gasteiger partial charge in [-0.25, -0.2) is 0 Å². The maximum absolute atomic E-state index is 13.3. The minimum atomic E-state index is -0.476. The molecule has 174 valence electrons. The van der Waals surface area contributed by atoms with Crippen LogP contribution in [0.5, 0.6) is 0 Å². The molecule has 3 aliphatic heterocycles. The molecule has 6 nitrogen and oxygen atoms in total. The van der Waals surface area contributed by atoms with E-state index in [1.807, 2.05) is 9.80 Å². The van der Waals surface area contributed by atoms with E-state index < -0.39 is 6.04 Å². The molecule has 32 heavy (non-hydrogen) atoms. The van der Waals surface area contributed by atoms with Gasteiger partial charge < -0.3 is 14.7 Å². The number of carbonyl (C=O) groups is 3. The van der Waals surface area contributed by atoms with Crippen LogP contribution in [0.25, 0.3) is 0 Å². The topological polar surface area (TPSA) is 60.9 Å². The lowest BCUT2D eigenvalue weighted by molar-refractivity contribution is -0.142. The second-order valence-corrected chi connectivity index (χ2v) is 9.96. The Morgan fingerprint density at radius 1 is 0.750 bits per heavy atom. The molecule has 0 bridgehead atoms. The lowest BCUT2D eigenvalue weighted by Gasteiger charge is -2.36. The number of halogens is 2. The Balaban J connectivity index is 1.36. The molecular weight excluding hydrogens is 449 g/mol. The first-order valence-electron chi connectivity index (χ1n) is 11.8. The van der Waals surface area contributed by atoms with Crippen molar-refractivity contribution in [3.63, 3.8) is 0 Å². The summed E-state index contributed by atoms with van der Waals surface area (Å²) in [6.07, 6.45) is 7.40. The summed E-state index contributed by atoms with van der Waals surface area (Å²) in [7, 11) is 0. The van der Waals surface area contributed by atoms with Crippen molar-refractivity contribution in [1.82, 2.24) is 14.7 Å². The number of amides is 3. The van der Waals surface area contributed by atoms with Crippen LogP contribution in [-0.4, -0.2) is 71.2 Å². The Labute approximate surface area is 199 Å². The number of nitrogens with zero attached hydrogens (tertiary/aromatic N) is 3. The van der Waals surface area contributed by atoms with Crippen LogP contribution >= 0.6 is 23.2 Å². The molecule has 3 saturated heterocycles. The minimum Gasteiger partial charge on any atom is -0.342 e. The average molecular weight is 480 g/mol. The van der Waals surface area contributed by atoms with Crippen molar-refractivity contribution in [2.75, 3.05) is 32.7 Å². The Kier molecular flexibility index (Phi) is 7.62. The van der Waals surface area contributed by atoms with Gasteiger partial charge in [-0.3, -0.25) is 14.4 Å². The van der Waals surface area contributed by atoms with E-state index in [2.05, 4.69) is 0 Å². The number of piperidine rings is 1. The van der Waals surface area contributed by atoms with E-state index >= 15 is 0 Å². The zero-order chi connectivity index (χ0) is 22.7. The van der Waals surface area contributed by atoms with Crippen molar-refractivity contribution in [3.8, 4) is 0 Å². The van der Waals surface area contributed by atoms with Gasteiger partial charge in [-0.1, -0.05) is 36.0 Å². The monoisotopic (exact) mass is 479 g/mol. The molecule has 0 spiro atoms. The van der Waals surface area contributed by atoms with E-state index in [-0.39, 0.29) is 23.6 Å². The fourth-order valence-electron chi connectivity index (χ4n) is 5.19. The first-order valence-corrected chi connectivity index (χ1v) is 12.5. The van der Waals surface area contributed by atoms with Gasteiger partial charge in [0.2, 0.25) is 11.8 Å². The summed E-state index contributed by atoms with van der Waals surface area (Å²) < 4.78 is 0. The van der Waals surface area contributed by atoms with Crippen LogP contribution < -0.4 is 0 Å². The molecule has 0 aromatic heterocycles. The SMILES string of the molecule is O=C(C1CCN(C(=O)[C@@H]2CCCN2C(=O)c2cc(Cl)ccc2Cl)CC1)N1CCCCCC1. The summed E-state index contributed by atoms with van der Waals surface area (Å²) in [6, 6.07) is 4.34. The van der Waals surface area contributed by atoms with Crippen molar-refractivity contribution >= 4 is 40.9 Å². The van der Waals surface area contributed by atoms with Crippen molar-refractivity contribution in [2.45, 2.75) is 57.4 Å². The average Bonchev–Trinajstić information content (AvgIpc) is 3.14. The summed E-state index contributed by atoms with van der Waals surface area (Å²) in [4.78, 5) is 44.9. The van der Waals surface area contributed by atoms with Gasteiger partial charge in [0.15, 0.2) is 0 Å². The Morgan fingerprint density at radius 2 is 1.41 bits per heavy atom. The van der Waals surface area contributed by atoms with Gasteiger partial charge in [-0.05, 0) is 56.7 Å². The Bertz CT molecular complexity index is 862. The predicted molar refractivity (Wildman–Crippen MR) is 125 cm³/mol. The lowest BCUT2D eigenvalue weighted by atomic mass is 9.94. The maximum atomic E-state index is 13.3. The molecular formula is C24H31Cl2N3O3. The highest BCUT2D eigenvalue weighted by Crippen LogP contribution is 2.29. The molecule has 0 radical (unpaired) electrons. The number of carbonyl (C=O) groups excluding carboxylic acids is 3. The van der Waals surface area contributed by atoms with Gasteiger partial charge in [0, 0.05) is 43.7 Å². The van der Waals surface area contributed by atoms with E-state index in [0.29, 0.717) is 54.5 Å². The first-order chi connectivity index (χ1) is 15.5. The number of rotatable bonds is 3. The molecule has 0 N–H and O–H groups in total. The van der Waals surface area contributed by atoms with Crippen LogP contribution in [-0.2, 0) is 9.59 Å². The van der Waals surface area contributed by atoms with E-state index in [9.17, 15) is 14.4 Å². The van der Waals surface area contributed by atoms with E-state index in [4.69, 9.17) is 23.2 Å². The molecule has 0 unspecified atom stereocenters. The molecule has 3 fully saturated rings. The molecule has 1 aromatic carbocycles. The summed E-state index contributed by atoms with van der Waals surface area (Å²) in [5, 5.41) is 0.779. The van der Waals surface area contributed by atoms with E-state index in [1.165, 1.54) is 12.8 Å². The van der Waals surface area contributed by atoms with Gasteiger partial charge in [-0.15, -0.1) is 0 Å². The summed E-state index contributed by atoms with van der Waals surface area (Å²) in [5.74, 6) is -0.00903. The molecule has 8 heteroatoms. The quantitative estimate of drug-likeness (QED) is 0.651.